The lowest BCUT2D eigenvalue weighted by atomic mass is 9.93. The van der Waals surface area contributed by atoms with Crippen molar-refractivity contribution < 1.29 is 4.79 Å². The van der Waals surface area contributed by atoms with E-state index in [1.54, 1.807) is 6.20 Å². The molecule has 1 aliphatic carbocycles. The number of aromatic nitrogens is 2. The van der Waals surface area contributed by atoms with Gasteiger partial charge in [0, 0.05) is 43.5 Å². The van der Waals surface area contributed by atoms with Crippen molar-refractivity contribution in [2.24, 2.45) is 5.92 Å². The topological polar surface area (TPSA) is 87.4 Å². The maximum Gasteiger partial charge on any atom is 0.227 e. The lowest BCUT2D eigenvalue weighted by Crippen LogP contribution is -2.51. The molecule has 2 saturated heterocycles. The van der Waals surface area contributed by atoms with E-state index in [2.05, 4.69) is 25.1 Å². The highest BCUT2D eigenvalue weighted by molar-refractivity contribution is 5.79. The van der Waals surface area contributed by atoms with Gasteiger partial charge in [-0.2, -0.15) is 4.98 Å². The SMILES string of the molecule is Cc1cnc(N2CCC(N3CCC[C@@H](C(=O)NC4CC4)C3)CC2)nc1N. The highest BCUT2D eigenvalue weighted by Gasteiger charge is 2.34. The van der Waals surface area contributed by atoms with Gasteiger partial charge in [0.05, 0.1) is 5.92 Å². The molecule has 26 heavy (non-hydrogen) atoms. The van der Waals surface area contributed by atoms with Crippen molar-refractivity contribution in [3.63, 3.8) is 0 Å². The van der Waals surface area contributed by atoms with Crippen LogP contribution in [0.25, 0.3) is 0 Å². The van der Waals surface area contributed by atoms with Crippen LogP contribution in [-0.4, -0.2) is 59.0 Å². The number of carbonyl (C=O) groups excluding carboxylic acids is 1. The average Bonchev–Trinajstić information content (AvgIpc) is 3.48. The fourth-order valence-electron chi connectivity index (χ4n) is 4.13. The van der Waals surface area contributed by atoms with Crippen LogP contribution in [0.3, 0.4) is 0 Å². The van der Waals surface area contributed by atoms with Gasteiger partial charge in [-0.25, -0.2) is 4.98 Å². The first kappa shape index (κ1) is 17.5. The molecule has 0 aromatic carbocycles. The Morgan fingerprint density at radius 2 is 1.96 bits per heavy atom. The van der Waals surface area contributed by atoms with Crippen molar-refractivity contribution >= 4 is 17.7 Å². The van der Waals surface area contributed by atoms with E-state index >= 15 is 0 Å². The van der Waals surface area contributed by atoms with Gasteiger partial charge in [0.15, 0.2) is 0 Å². The number of aryl methyl sites for hydroxylation is 1. The van der Waals surface area contributed by atoms with Crippen LogP contribution in [0, 0.1) is 12.8 Å². The highest BCUT2D eigenvalue weighted by Crippen LogP contribution is 2.27. The van der Waals surface area contributed by atoms with Gasteiger partial charge < -0.3 is 16.0 Å². The number of hydrogen-bond acceptors (Lipinski definition) is 6. The Kier molecular flexibility index (Phi) is 4.98. The third-order valence-corrected chi connectivity index (χ3v) is 6.01. The Morgan fingerprint density at radius 3 is 2.65 bits per heavy atom. The number of carbonyl (C=O) groups is 1. The first-order chi connectivity index (χ1) is 12.6. The van der Waals surface area contributed by atoms with E-state index < -0.39 is 0 Å². The molecule has 2 aliphatic heterocycles. The van der Waals surface area contributed by atoms with Gasteiger partial charge in [0.25, 0.3) is 0 Å². The number of likely N-dealkylation sites (tertiary alicyclic amines) is 1. The molecule has 3 N–H and O–H groups in total. The summed E-state index contributed by atoms with van der Waals surface area (Å²) in [5.41, 5.74) is 6.85. The van der Waals surface area contributed by atoms with Crippen molar-refractivity contribution in [1.82, 2.24) is 20.2 Å². The first-order valence-corrected chi connectivity index (χ1v) is 9.98. The molecule has 7 heteroatoms. The normalized spacial score (nSPS) is 25.3. The van der Waals surface area contributed by atoms with Crippen molar-refractivity contribution in [2.75, 3.05) is 36.8 Å². The summed E-state index contributed by atoms with van der Waals surface area (Å²) in [6.07, 6.45) is 8.46. The maximum absolute atomic E-state index is 12.4. The van der Waals surface area contributed by atoms with Crippen molar-refractivity contribution in [2.45, 2.75) is 57.5 Å². The summed E-state index contributed by atoms with van der Waals surface area (Å²) in [6, 6.07) is 1.02. The predicted molar refractivity (Wildman–Crippen MR) is 102 cm³/mol. The fourth-order valence-corrected chi connectivity index (χ4v) is 4.13. The second-order valence-electron chi connectivity index (χ2n) is 8.07. The number of nitrogen functional groups attached to an aromatic ring is 1. The molecule has 4 rings (SSSR count). The number of piperidine rings is 2. The number of amides is 1. The van der Waals surface area contributed by atoms with E-state index in [0.29, 0.717) is 17.9 Å². The zero-order valence-electron chi connectivity index (χ0n) is 15.7. The summed E-state index contributed by atoms with van der Waals surface area (Å²) in [5, 5.41) is 3.18. The van der Waals surface area contributed by atoms with Crippen molar-refractivity contribution in [3.8, 4) is 0 Å². The van der Waals surface area contributed by atoms with Gasteiger partial charge in [-0.1, -0.05) is 0 Å². The second kappa shape index (κ2) is 7.39. The molecule has 1 saturated carbocycles. The molecule has 0 unspecified atom stereocenters. The van der Waals surface area contributed by atoms with Crippen LogP contribution in [0.5, 0.6) is 0 Å². The van der Waals surface area contributed by atoms with Crippen LogP contribution in [0.15, 0.2) is 6.20 Å². The van der Waals surface area contributed by atoms with Gasteiger partial charge in [-0.3, -0.25) is 9.69 Å². The molecule has 1 aromatic heterocycles. The van der Waals surface area contributed by atoms with Crippen LogP contribution in [0.4, 0.5) is 11.8 Å². The maximum atomic E-state index is 12.4. The Hall–Kier alpha value is -1.89. The third kappa shape index (κ3) is 3.92. The standard InChI is InChI=1S/C19H30N6O/c1-13-11-21-19(23-17(13)20)24-9-6-16(7-10-24)25-8-2-3-14(12-25)18(26)22-15-4-5-15/h11,14-16H,2-10,12H2,1H3,(H,22,26)(H2,20,21,23)/t14-/m1/s1. The molecule has 3 fully saturated rings. The molecular weight excluding hydrogens is 328 g/mol. The molecule has 1 amide bonds. The molecule has 3 heterocycles. The van der Waals surface area contributed by atoms with Gasteiger partial charge >= 0.3 is 0 Å². The lowest BCUT2D eigenvalue weighted by molar-refractivity contribution is -0.127. The number of nitrogens with zero attached hydrogens (tertiary/aromatic N) is 4. The largest absolute Gasteiger partial charge is 0.383 e. The van der Waals surface area contributed by atoms with Gasteiger partial charge in [-0.15, -0.1) is 0 Å². The van der Waals surface area contributed by atoms with E-state index in [-0.39, 0.29) is 11.8 Å². The molecule has 0 spiro atoms. The number of hydrogen-bond donors (Lipinski definition) is 2. The van der Waals surface area contributed by atoms with E-state index in [4.69, 9.17) is 5.73 Å². The van der Waals surface area contributed by atoms with Crippen LogP contribution in [0.1, 0.15) is 44.1 Å². The minimum Gasteiger partial charge on any atom is -0.383 e. The minimum atomic E-state index is 0.169. The number of nitrogens with two attached hydrogens (primary N) is 1. The smallest absolute Gasteiger partial charge is 0.227 e. The molecule has 1 aromatic rings. The van der Waals surface area contributed by atoms with E-state index in [9.17, 15) is 4.79 Å². The summed E-state index contributed by atoms with van der Waals surface area (Å²) in [4.78, 5) is 26.0. The van der Waals surface area contributed by atoms with E-state index in [0.717, 1.165) is 76.2 Å². The van der Waals surface area contributed by atoms with Gasteiger partial charge in [0.2, 0.25) is 11.9 Å². The Morgan fingerprint density at radius 1 is 1.19 bits per heavy atom. The zero-order chi connectivity index (χ0) is 18.1. The minimum absolute atomic E-state index is 0.169. The summed E-state index contributed by atoms with van der Waals surface area (Å²) < 4.78 is 0. The zero-order valence-corrected chi connectivity index (χ0v) is 15.7. The Balaban J connectivity index is 1.30. The second-order valence-corrected chi connectivity index (χ2v) is 8.07. The summed E-state index contributed by atoms with van der Waals surface area (Å²) >= 11 is 0. The first-order valence-electron chi connectivity index (χ1n) is 9.98. The molecular formula is C19H30N6O. The molecule has 0 bridgehead atoms. The molecule has 3 aliphatic rings. The summed E-state index contributed by atoms with van der Waals surface area (Å²) in [6.45, 7) is 5.85. The van der Waals surface area contributed by atoms with E-state index in [1.807, 2.05) is 6.92 Å². The van der Waals surface area contributed by atoms with Crippen molar-refractivity contribution in [3.05, 3.63) is 11.8 Å². The van der Waals surface area contributed by atoms with Gasteiger partial charge in [-0.05, 0) is 52.0 Å². The average molecular weight is 358 g/mol. The van der Waals surface area contributed by atoms with Crippen molar-refractivity contribution in [1.29, 1.82) is 0 Å². The number of anilines is 2. The molecule has 7 nitrogen and oxygen atoms in total. The van der Waals surface area contributed by atoms with Crippen LogP contribution < -0.4 is 16.0 Å². The van der Waals surface area contributed by atoms with Crippen LogP contribution >= 0.6 is 0 Å². The van der Waals surface area contributed by atoms with Crippen LogP contribution in [-0.2, 0) is 4.79 Å². The summed E-state index contributed by atoms with van der Waals surface area (Å²) in [5.74, 6) is 1.75. The lowest BCUT2D eigenvalue weighted by Gasteiger charge is -2.42. The Bertz CT molecular complexity index is 653. The Labute approximate surface area is 155 Å². The predicted octanol–water partition coefficient (Wildman–Crippen LogP) is 1.33. The monoisotopic (exact) mass is 358 g/mol. The number of nitrogens with one attached hydrogen (secondary N) is 1. The number of rotatable bonds is 4. The molecule has 142 valence electrons. The molecule has 0 radical (unpaired) electrons. The highest BCUT2D eigenvalue weighted by atomic mass is 16.2. The summed E-state index contributed by atoms with van der Waals surface area (Å²) in [7, 11) is 0. The third-order valence-electron chi connectivity index (χ3n) is 6.01. The fraction of sp³-hybridized carbons (Fsp3) is 0.737. The van der Waals surface area contributed by atoms with Gasteiger partial charge in [0.1, 0.15) is 5.82 Å². The van der Waals surface area contributed by atoms with Crippen LogP contribution in [0.2, 0.25) is 0 Å². The quantitative estimate of drug-likeness (QED) is 0.844. The molecule has 1 atom stereocenters. The van der Waals surface area contributed by atoms with E-state index in [1.165, 1.54) is 0 Å².